The Morgan fingerprint density at radius 3 is 2.29 bits per heavy atom. The van der Waals surface area contributed by atoms with Crippen molar-refractivity contribution in [3.63, 3.8) is 0 Å². The van der Waals surface area contributed by atoms with E-state index in [4.69, 9.17) is 16.5 Å². The molecule has 1 saturated heterocycles. The number of nitrogens with two attached hydrogens (primary N) is 2. The largest absolute Gasteiger partial charge is 0.161 e. The summed E-state index contributed by atoms with van der Waals surface area (Å²) in [5.74, 6) is 10.5. The molecular weight excluding hydrogens is 94.1 g/mol. The van der Waals surface area contributed by atoms with Crippen molar-refractivity contribution in [1.82, 2.24) is 0 Å². The first kappa shape index (κ1) is 4.99. The van der Waals surface area contributed by atoms with Gasteiger partial charge in [-0.1, -0.05) is 0 Å². The van der Waals surface area contributed by atoms with E-state index in [0.29, 0.717) is 6.61 Å². The molecule has 1 rings (SSSR count). The van der Waals surface area contributed by atoms with Crippen LogP contribution < -0.4 is 11.7 Å². The SMILES string of the molecule is N[N+]1(N)CCCO1. The van der Waals surface area contributed by atoms with Gasteiger partial charge in [-0.2, -0.15) is 4.84 Å². The number of nitrogens with zero attached hydrogens (tertiary/aromatic N) is 1. The lowest BCUT2D eigenvalue weighted by molar-refractivity contribution is -1.11. The Morgan fingerprint density at radius 2 is 2.14 bits per heavy atom. The molecule has 0 aliphatic carbocycles. The standard InChI is InChI=1S/C3H10N3O/c4-6(5)2-1-3-7-6/h1-5H2/q+1. The molecule has 4 heteroatoms. The molecule has 4 nitrogen and oxygen atoms in total. The molecule has 0 saturated carbocycles. The number of hydrogen-bond acceptors (Lipinski definition) is 3. The Labute approximate surface area is 42.1 Å². The van der Waals surface area contributed by atoms with Crippen molar-refractivity contribution in [3.05, 3.63) is 0 Å². The maximum Gasteiger partial charge on any atom is 0.150 e. The molecule has 1 aliphatic rings. The Kier molecular flexibility index (Phi) is 1.01. The van der Waals surface area contributed by atoms with Gasteiger partial charge in [0.2, 0.25) is 0 Å². The lowest BCUT2D eigenvalue weighted by atomic mass is 10.5. The zero-order valence-corrected chi connectivity index (χ0v) is 4.13. The molecule has 0 bridgehead atoms. The maximum atomic E-state index is 5.27. The van der Waals surface area contributed by atoms with Crippen LogP contribution in [0.15, 0.2) is 0 Å². The number of hydroxylamine groups is 1. The zero-order valence-electron chi connectivity index (χ0n) is 4.13. The first-order valence-electron chi connectivity index (χ1n) is 2.30. The molecule has 0 aromatic rings. The number of hydrogen-bond donors (Lipinski definition) is 2. The van der Waals surface area contributed by atoms with E-state index in [-0.39, 0.29) is 4.86 Å². The quantitative estimate of drug-likeness (QED) is 0.302. The minimum atomic E-state index is -0.250. The molecule has 1 aliphatic heterocycles. The first-order valence-corrected chi connectivity index (χ1v) is 2.30. The van der Waals surface area contributed by atoms with Crippen molar-refractivity contribution in [2.75, 3.05) is 13.2 Å². The molecular formula is C3H10N3O+. The van der Waals surface area contributed by atoms with Crippen molar-refractivity contribution < 1.29 is 9.70 Å². The lowest BCUT2D eigenvalue weighted by Gasteiger charge is -2.14. The van der Waals surface area contributed by atoms with Gasteiger partial charge in [0.15, 0.2) is 6.54 Å². The molecule has 0 aromatic heterocycles. The van der Waals surface area contributed by atoms with Crippen LogP contribution in [0.3, 0.4) is 0 Å². The summed E-state index contributed by atoms with van der Waals surface area (Å²) in [6, 6.07) is 0. The monoisotopic (exact) mass is 104 g/mol. The average molecular weight is 104 g/mol. The highest BCUT2D eigenvalue weighted by molar-refractivity contribution is 4.32. The van der Waals surface area contributed by atoms with E-state index in [9.17, 15) is 0 Å². The second-order valence-electron chi connectivity index (χ2n) is 1.76. The van der Waals surface area contributed by atoms with Gasteiger partial charge in [0.05, 0.1) is 0 Å². The van der Waals surface area contributed by atoms with E-state index in [0.717, 1.165) is 13.0 Å². The van der Waals surface area contributed by atoms with E-state index < -0.39 is 0 Å². The molecule has 0 aromatic carbocycles. The van der Waals surface area contributed by atoms with Gasteiger partial charge in [0.1, 0.15) is 6.61 Å². The van der Waals surface area contributed by atoms with Crippen LogP contribution in [0.25, 0.3) is 0 Å². The van der Waals surface area contributed by atoms with Crippen molar-refractivity contribution >= 4 is 0 Å². The first-order chi connectivity index (χ1) is 3.21. The van der Waals surface area contributed by atoms with E-state index in [1.807, 2.05) is 0 Å². The summed E-state index contributed by atoms with van der Waals surface area (Å²) in [6.07, 6.45) is 0.965. The van der Waals surface area contributed by atoms with Crippen LogP contribution in [-0.4, -0.2) is 18.0 Å². The van der Waals surface area contributed by atoms with Gasteiger partial charge in [-0.15, -0.1) is 11.7 Å². The predicted octanol–water partition coefficient (Wildman–Crippen LogP) is -1.11. The van der Waals surface area contributed by atoms with Crippen LogP contribution in [0, 0.1) is 0 Å². The molecule has 7 heavy (non-hydrogen) atoms. The van der Waals surface area contributed by atoms with Crippen molar-refractivity contribution in [1.29, 1.82) is 0 Å². The third-order valence-corrected chi connectivity index (χ3v) is 0.984. The molecule has 42 valence electrons. The van der Waals surface area contributed by atoms with Crippen LogP contribution in [0.2, 0.25) is 0 Å². The summed E-state index contributed by atoms with van der Waals surface area (Å²) < 4.78 is 0. The van der Waals surface area contributed by atoms with E-state index >= 15 is 0 Å². The fourth-order valence-corrected chi connectivity index (χ4v) is 0.611. The van der Waals surface area contributed by atoms with Crippen LogP contribution in [0.4, 0.5) is 0 Å². The summed E-state index contributed by atoms with van der Waals surface area (Å²) in [7, 11) is 0. The third kappa shape index (κ3) is 1.10. The van der Waals surface area contributed by atoms with Crippen LogP contribution in [0.5, 0.6) is 0 Å². The molecule has 0 atom stereocenters. The average Bonchev–Trinajstić information content (AvgIpc) is 1.84. The van der Waals surface area contributed by atoms with Gasteiger partial charge in [0.25, 0.3) is 0 Å². The van der Waals surface area contributed by atoms with Gasteiger partial charge in [-0.25, -0.2) is 0 Å². The van der Waals surface area contributed by atoms with Crippen molar-refractivity contribution in [3.8, 4) is 0 Å². The normalized spacial score (nSPS) is 28.3. The van der Waals surface area contributed by atoms with Gasteiger partial charge in [-0.3, -0.25) is 0 Å². The molecule has 0 unspecified atom stereocenters. The van der Waals surface area contributed by atoms with Gasteiger partial charge in [0, 0.05) is 6.42 Å². The number of rotatable bonds is 0. The summed E-state index contributed by atoms with van der Waals surface area (Å²) in [5, 5.41) is 0. The maximum absolute atomic E-state index is 5.27. The van der Waals surface area contributed by atoms with E-state index in [1.165, 1.54) is 0 Å². The number of quaternary nitrogens is 1. The molecule has 0 spiro atoms. The fourth-order valence-electron chi connectivity index (χ4n) is 0.611. The van der Waals surface area contributed by atoms with Crippen LogP contribution in [-0.2, 0) is 4.84 Å². The fraction of sp³-hybridized carbons (Fsp3) is 1.00. The van der Waals surface area contributed by atoms with Gasteiger partial charge < -0.3 is 0 Å². The summed E-state index contributed by atoms with van der Waals surface area (Å²) >= 11 is 0. The Morgan fingerprint density at radius 1 is 1.43 bits per heavy atom. The minimum absolute atomic E-state index is 0.250. The molecule has 1 fully saturated rings. The van der Waals surface area contributed by atoms with Crippen molar-refractivity contribution in [2.45, 2.75) is 6.42 Å². The Bertz CT molecular complexity index is 64.6. The highest BCUT2D eigenvalue weighted by atomic mass is 16.8. The summed E-state index contributed by atoms with van der Waals surface area (Å²) in [4.78, 5) is 4.58. The second kappa shape index (κ2) is 1.41. The van der Waals surface area contributed by atoms with Crippen molar-refractivity contribution in [2.24, 2.45) is 11.7 Å². The predicted molar refractivity (Wildman–Crippen MR) is 24.1 cm³/mol. The smallest absolute Gasteiger partial charge is 0.150 e. The van der Waals surface area contributed by atoms with E-state index in [2.05, 4.69) is 0 Å². The topological polar surface area (TPSA) is 61.3 Å². The molecule has 0 radical (unpaired) electrons. The highest BCUT2D eigenvalue weighted by Crippen LogP contribution is 2.02. The minimum Gasteiger partial charge on any atom is -0.161 e. The van der Waals surface area contributed by atoms with Gasteiger partial charge in [-0.05, 0) is 4.86 Å². The highest BCUT2D eigenvalue weighted by Gasteiger charge is 2.25. The van der Waals surface area contributed by atoms with Crippen LogP contribution in [0.1, 0.15) is 6.42 Å². The third-order valence-electron chi connectivity index (χ3n) is 0.984. The second-order valence-corrected chi connectivity index (χ2v) is 1.76. The van der Waals surface area contributed by atoms with E-state index in [1.54, 1.807) is 0 Å². The Balaban J connectivity index is 2.40. The lowest BCUT2D eigenvalue weighted by Crippen LogP contribution is -2.56. The summed E-state index contributed by atoms with van der Waals surface area (Å²) in [5.41, 5.74) is 0. The molecule has 0 amide bonds. The van der Waals surface area contributed by atoms with Gasteiger partial charge >= 0.3 is 0 Å². The summed E-state index contributed by atoms with van der Waals surface area (Å²) in [6.45, 7) is 1.41. The van der Waals surface area contributed by atoms with Crippen LogP contribution >= 0.6 is 0 Å². The molecule has 1 heterocycles. The zero-order chi connectivity index (χ0) is 5.33. The molecule has 4 N–H and O–H groups in total. The Hall–Kier alpha value is -0.160.